The molecule has 0 aliphatic carbocycles. The lowest BCUT2D eigenvalue weighted by Gasteiger charge is -2.30. The molecule has 0 spiro atoms. The number of rotatable bonds is 9. The maximum atomic E-state index is 14.0. The number of fused-ring (bicyclic) bond motifs is 2. The topological polar surface area (TPSA) is 127 Å². The molecule has 0 bridgehead atoms. The molecule has 1 fully saturated rings. The zero-order chi connectivity index (χ0) is 30.1. The normalized spacial score (nSPS) is 19.0. The van der Waals surface area contributed by atoms with Gasteiger partial charge in [-0.15, -0.1) is 0 Å². The Kier molecular flexibility index (Phi) is 7.96. The number of aromatic amines is 1. The van der Waals surface area contributed by atoms with E-state index < -0.39 is 17.1 Å². The van der Waals surface area contributed by atoms with Crippen LogP contribution in [0.2, 0.25) is 0 Å². The SMILES string of the molecule is CCOc1cc([C@@H]2c3sc(=O)[nH]c3S[C@H]3C(=O)N(c4ccc(OC)cc4)C(=O)[C@@H]23)ccc1OCC(=O)Nc1ccccc1. The third-order valence-corrected chi connectivity index (χ3v) is 9.60. The summed E-state index contributed by atoms with van der Waals surface area (Å²) < 4.78 is 16.9. The monoisotopic (exact) mass is 617 g/mol. The predicted molar refractivity (Wildman–Crippen MR) is 164 cm³/mol. The van der Waals surface area contributed by atoms with Gasteiger partial charge in [-0.2, -0.15) is 0 Å². The lowest BCUT2D eigenvalue weighted by atomic mass is 9.83. The molecule has 1 saturated heterocycles. The average Bonchev–Trinajstić information content (AvgIpc) is 3.51. The van der Waals surface area contributed by atoms with E-state index in [1.807, 2.05) is 25.1 Å². The van der Waals surface area contributed by atoms with Crippen LogP contribution in [0, 0.1) is 5.92 Å². The minimum Gasteiger partial charge on any atom is -0.497 e. The number of thiazole rings is 1. The van der Waals surface area contributed by atoms with E-state index in [1.54, 1.807) is 61.7 Å². The molecular weight excluding hydrogens is 590 g/mol. The number of nitrogens with one attached hydrogen (secondary N) is 2. The maximum absolute atomic E-state index is 14.0. The number of thioether (sulfide) groups is 1. The van der Waals surface area contributed by atoms with Crippen molar-refractivity contribution in [1.29, 1.82) is 0 Å². The number of amides is 3. The van der Waals surface area contributed by atoms with Crippen LogP contribution < -0.4 is 29.3 Å². The maximum Gasteiger partial charge on any atom is 0.305 e. The first-order valence-electron chi connectivity index (χ1n) is 13.5. The highest BCUT2D eigenvalue weighted by Crippen LogP contribution is 2.53. The summed E-state index contributed by atoms with van der Waals surface area (Å²) in [5.41, 5.74) is 1.80. The number of hydrogen-bond acceptors (Lipinski definition) is 9. The Balaban J connectivity index is 1.32. The van der Waals surface area contributed by atoms with Crippen LogP contribution in [-0.4, -0.2) is 48.3 Å². The number of nitrogens with zero attached hydrogens (tertiary/aromatic N) is 1. The molecule has 1 aromatic heterocycles. The third-order valence-electron chi connectivity index (χ3n) is 7.20. The van der Waals surface area contributed by atoms with Crippen LogP contribution in [0.1, 0.15) is 23.3 Å². The first-order chi connectivity index (χ1) is 20.9. The number of imide groups is 1. The molecule has 3 atom stereocenters. The van der Waals surface area contributed by atoms with E-state index in [4.69, 9.17) is 14.2 Å². The number of hydrogen-bond donors (Lipinski definition) is 2. The molecule has 6 rings (SSSR count). The summed E-state index contributed by atoms with van der Waals surface area (Å²) in [7, 11) is 1.54. The smallest absolute Gasteiger partial charge is 0.305 e. The molecule has 220 valence electrons. The molecular formula is C31H27N3O7S2. The standard InChI is InChI=1S/C31H27N3O7S2/c1-3-40-22-15-17(9-14-21(22)41-16-23(35)32-18-7-5-4-6-8-18)24-25-27(42-28-26(24)43-31(38)33-28)30(37)34(29(25)36)19-10-12-20(39-2)13-11-19/h4-15,24-25,27H,3,16H2,1-2H3,(H,32,35)(H,33,38)/t24-,25-,27+/m0/s1. The zero-order valence-corrected chi connectivity index (χ0v) is 24.8. The van der Waals surface area contributed by atoms with Gasteiger partial charge in [0.15, 0.2) is 18.1 Å². The number of carbonyl (C=O) groups is 3. The summed E-state index contributed by atoms with van der Waals surface area (Å²) in [6, 6.07) is 21.0. The second-order valence-electron chi connectivity index (χ2n) is 9.80. The Morgan fingerprint density at radius 1 is 0.953 bits per heavy atom. The number of benzene rings is 3. The Morgan fingerprint density at radius 3 is 2.44 bits per heavy atom. The number of methoxy groups -OCH3 is 1. The van der Waals surface area contributed by atoms with Crippen LogP contribution in [0.25, 0.3) is 0 Å². The van der Waals surface area contributed by atoms with Crippen molar-refractivity contribution in [2.45, 2.75) is 23.1 Å². The van der Waals surface area contributed by atoms with Crippen molar-refractivity contribution in [3.05, 3.63) is 92.9 Å². The van der Waals surface area contributed by atoms with E-state index in [2.05, 4.69) is 10.3 Å². The summed E-state index contributed by atoms with van der Waals surface area (Å²) in [5.74, 6) is -1.02. The molecule has 2 N–H and O–H groups in total. The first kappa shape index (κ1) is 28.6. The molecule has 43 heavy (non-hydrogen) atoms. The van der Waals surface area contributed by atoms with Gasteiger partial charge < -0.3 is 24.5 Å². The van der Waals surface area contributed by atoms with Crippen molar-refractivity contribution >= 4 is 52.2 Å². The number of para-hydroxylation sites is 1. The summed E-state index contributed by atoms with van der Waals surface area (Å²) in [5, 5.41) is 2.63. The van der Waals surface area contributed by atoms with E-state index in [0.717, 1.165) is 11.3 Å². The van der Waals surface area contributed by atoms with Crippen molar-refractivity contribution in [2.75, 3.05) is 30.5 Å². The highest BCUT2D eigenvalue weighted by atomic mass is 32.2. The minimum atomic E-state index is -0.753. The number of aromatic nitrogens is 1. The zero-order valence-electron chi connectivity index (χ0n) is 23.2. The quantitative estimate of drug-likeness (QED) is 0.260. The van der Waals surface area contributed by atoms with Gasteiger partial charge in [0.1, 0.15) is 11.0 Å². The second-order valence-corrected chi connectivity index (χ2v) is 12.0. The van der Waals surface area contributed by atoms with E-state index in [-0.39, 0.29) is 29.2 Å². The van der Waals surface area contributed by atoms with Gasteiger partial charge in [-0.1, -0.05) is 47.4 Å². The van der Waals surface area contributed by atoms with Gasteiger partial charge in [-0.25, -0.2) is 4.90 Å². The van der Waals surface area contributed by atoms with Crippen molar-refractivity contribution in [3.63, 3.8) is 0 Å². The Morgan fingerprint density at radius 2 is 1.72 bits per heavy atom. The van der Waals surface area contributed by atoms with Crippen molar-refractivity contribution < 1.29 is 28.6 Å². The number of H-pyrrole nitrogens is 1. The van der Waals surface area contributed by atoms with E-state index >= 15 is 0 Å². The fourth-order valence-electron chi connectivity index (χ4n) is 5.33. The average molecular weight is 618 g/mol. The van der Waals surface area contributed by atoms with Crippen LogP contribution in [-0.2, 0) is 14.4 Å². The molecule has 2 aliphatic rings. The molecule has 0 unspecified atom stereocenters. The number of anilines is 2. The summed E-state index contributed by atoms with van der Waals surface area (Å²) in [4.78, 5) is 57.1. The highest BCUT2D eigenvalue weighted by Gasteiger charge is 2.56. The van der Waals surface area contributed by atoms with Crippen molar-refractivity contribution in [3.8, 4) is 17.2 Å². The van der Waals surface area contributed by atoms with Crippen LogP contribution in [0.5, 0.6) is 17.2 Å². The molecule has 3 amide bonds. The fourth-order valence-corrected chi connectivity index (χ4v) is 7.84. The van der Waals surface area contributed by atoms with Crippen LogP contribution in [0.4, 0.5) is 11.4 Å². The predicted octanol–water partition coefficient (Wildman–Crippen LogP) is 4.66. The van der Waals surface area contributed by atoms with Crippen molar-refractivity contribution in [2.24, 2.45) is 5.92 Å². The lowest BCUT2D eigenvalue weighted by molar-refractivity contribution is -0.122. The lowest BCUT2D eigenvalue weighted by Crippen LogP contribution is -2.32. The van der Waals surface area contributed by atoms with E-state index in [9.17, 15) is 19.2 Å². The Bertz CT molecular complexity index is 1740. The summed E-state index contributed by atoms with van der Waals surface area (Å²) in [6.07, 6.45) is 0. The van der Waals surface area contributed by atoms with Gasteiger partial charge in [-0.3, -0.25) is 19.2 Å². The second kappa shape index (κ2) is 12.0. The van der Waals surface area contributed by atoms with Crippen LogP contribution in [0.3, 0.4) is 0 Å². The fraction of sp³-hybridized carbons (Fsp3) is 0.226. The largest absolute Gasteiger partial charge is 0.497 e. The van der Waals surface area contributed by atoms with E-state index in [1.165, 1.54) is 16.7 Å². The highest BCUT2D eigenvalue weighted by molar-refractivity contribution is 8.00. The Hall–Kier alpha value is -4.55. The van der Waals surface area contributed by atoms with Gasteiger partial charge >= 0.3 is 4.87 Å². The first-order valence-corrected chi connectivity index (χ1v) is 15.2. The van der Waals surface area contributed by atoms with Gasteiger partial charge in [0, 0.05) is 16.5 Å². The van der Waals surface area contributed by atoms with Gasteiger partial charge in [0.2, 0.25) is 11.8 Å². The molecule has 0 saturated carbocycles. The van der Waals surface area contributed by atoms with Gasteiger partial charge in [0.25, 0.3) is 5.91 Å². The molecule has 4 aromatic rings. The van der Waals surface area contributed by atoms with Crippen LogP contribution in [0.15, 0.2) is 82.6 Å². The number of carbonyl (C=O) groups excluding carboxylic acids is 3. The number of ether oxygens (including phenoxy) is 3. The van der Waals surface area contributed by atoms with Gasteiger partial charge in [0.05, 0.1) is 30.3 Å². The summed E-state index contributed by atoms with van der Waals surface area (Å²) >= 11 is 2.24. The molecule has 10 nitrogen and oxygen atoms in total. The Labute approximate surface area is 255 Å². The molecule has 12 heteroatoms. The third kappa shape index (κ3) is 5.51. The van der Waals surface area contributed by atoms with E-state index in [0.29, 0.717) is 50.7 Å². The summed E-state index contributed by atoms with van der Waals surface area (Å²) in [6.45, 7) is 1.91. The van der Waals surface area contributed by atoms with Gasteiger partial charge in [-0.05, 0) is 61.0 Å². The molecule has 3 aromatic carbocycles. The molecule has 0 radical (unpaired) electrons. The minimum absolute atomic E-state index is 0.244. The van der Waals surface area contributed by atoms with Crippen LogP contribution >= 0.6 is 23.1 Å². The van der Waals surface area contributed by atoms with Crippen molar-refractivity contribution in [1.82, 2.24) is 4.98 Å². The molecule has 3 heterocycles. The molecule has 2 aliphatic heterocycles.